The largest absolute Gasteiger partial charge is 0.350 e. The molecule has 0 aromatic rings. The highest BCUT2D eigenvalue weighted by Gasteiger charge is 2.29. The Morgan fingerprint density at radius 2 is 1.87 bits per heavy atom. The second-order valence-corrected chi connectivity index (χ2v) is 5.95. The van der Waals surface area contributed by atoms with Gasteiger partial charge in [-0.2, -0.15) is 8.42 Å². The predicted octanol–water partition coefficient (Wildman–Crippen LogP) is 0.752. The Bertz CT molecular complexity index is 286. The molecule has 0 spiro atoms. The summed E-state index contributed by atoms with van der Waals surface area (Å²) in [6, 6.07) is 0. The van der Waals surface area contributed by atoms with E-state index in [1.54, 1.807) is 6.92 Å². The summed E-state index contributed by atoms with van der Waals surface area (Å²) in [5.41, 5.74) is 0. The summed E-state index contributed by atoms with van der Waals surface area (Å²) in [6.07, 6.45) is 0. The van der Waals surface area contributed by atoms with E-state index >= 15 is 0 Å². The molecule has 0 N–H and O–H groups in total. The van der Waals surface area contributed by atoms with Gasteiger partial charge in [0.25, 0.3) is 10.1 Å². The van der Waals surface area contributed by atoms with Gasteiger partial charge in [0, 0.05) is 5.92 Å². The van der Waals surface area contributed by atoms with Crippen LogP contribution < -0.4 is 0 Å². The smallest absolute Gasteiger partial charge is 0.267 e. The molecule has 1 saturated heterocycles. The molecular formula is C9H18O5S. The lowest BCUT2D eigenvalue weighted by Crippen LogP contribution is -2.41. The minimum atomic E-state index is -3.36. The average Bonchev–Trinajstić information content (AvgIpc) is 2.16. The maximum atomic E-state index is 11.1. The maximum Gasteiger partial charge on any atom is 0.267 e. The molecule has 0 atom stereocenters. The van der Waals surface area contributed by atoms with Crippen LogP contribution in [0.3, 0.4) is 0 Å². The monoisotopic (exact) mass is 238 g/mol. The van der Waals surface area contributed by atoms with Crippen LogP contribution in [0.5, 0.6) is 0 Å². The summed E-state index contributed by atoms with van der Waals surface area (Å²) in [5.74, 6) is -0.591. The number of hydrogen-bond acceptors (Lipinski definition) is 5. The maximum absolute atomic E-state index is 11.1. The fourth-order valence-corrected chi connectivity index (χ4v) is 1.67. The van der Waals surface area contributed by atoms with Crippen molar-refractivity contribution < 1.29 is 22.1 Å². The van der Waals surface area contributed by atoms with Gasteiger partial charge in [0.1, 0.15) is 0 Å². The summed E-state index contributed by atoms with van der Waals surface area (Å²) < 4.78 is 37.7. The highest BCUT2D eigenvalue weighted by molar-refractivity contribution is 7.86. The van der Waals surface area contributed by atoms with Gasteiger partial charge in [-0.25, -0.2) is 0 Å². The molecule has 90 valence electrons. The van der Waals surface area contributed by atoms with Crippen LogP contribution in [0.25, 0.3) is 0 Å². The number of ether oxygens (including phenoxy) is 2. The Balaban J connectivity index is 2.31. The van der Waals surface area contributed by atoms with Crippen LogP contribution in [0.4, 0.5) is 0 Å². The van der Waals surface area contributed by atoms with Gasteiger partial charge in [-0.3, -0.25) is 4.18 Å². The Morgan fingerprint density at radius 3 is 2.33 bits per heavy atom. The average molecular weight is 238 g/mol. The van der Waals surface area contributed by atoms with Crippen molar-refractivity contribution >= 4 is 10.1 Å². The standard InChI is InChI=1S/C9H18O5S/c1-4-15(10,11)14-7-8-5-12-9(2,3)13-6-8/h8H,4-7H2,1-3H3. The first-order chi connectivity index (χ1) is 6.85. The molecular weight excluding hydrogens is 220 g/mol. The minimum absolute atomic E-state index is 0.00702. The molecule has 0 aliphatic carbocycles. The van der Waals surface area contributed by atoms with Crippen LogP contribution in [0.2, 0.25) is 0 Å². The highest BCUT2D eigenvalue weighted by atomic mass is 32.2. The Kier molecular flexibility index (Phi) is 4.11. The lowest BCUT2D eigenvalue weighted by atomic mass is 10.1. The van der Waals surface area contributed by atoms with Crippen LogP contribution in [-0.4, -0.2) is 39.8 Å². The molecule has 1 aliphatic heterocycles. The zero-order valence-corrected chi connectivity index (χ0v) is 10.2. The van der Waals surface area contributed by atoms with Gasteiger partial charge in [0.15, 0.2) is 5.79 Å². The highest BCUT2D eigenvalue weighted by Crippen LogP contribution is 2.20. The van der Waals surface area contributed by atoms with Crippen molar-refractivity contribution in [3.63, 3.8) is 0 Å². The summed E-state index contributed by atoms with van der Waals surface area (Å²) in [5, 5.41) is 0. The van der Waals surface area contributed by atoms with Crippen LogP contribution in [-0.2, 0) is 23.8 Å². The number of hydrogen-bond donors (Lipinski definition) is 0. The second kappa shape index (κ2) is 4.78. The molecule has 15 heavy (non-hydrogen) atoms. The van der Waals surface area contributed by atoms with Crippen LogP contribution in [0.15, 0.2) is 0 Å². The van der Waals surface area contributed by atoms with Crippen molar-refractivity contribution in [2.24, 2.45) is 5.92 Å². The molecule has 0 radical (unpaired) electrons. The molecule has 1 aliphatic rings. The topological polar surface area (TPSA) is 61.8 Å². The summed E-state index contributed by atoms with van der Waals surface area (Å²) in [7, 11) is -3.36. The molecule has 0 unspecified atom stereocenters. The first kappa shape index (κ1) is 12.9. The quantitative estimate of drug-likeness (QED) is 0.676. The molecule has 1 heterocycles. The van der Waals surface area contributed by atoms with Gasteiger partial charge in [-0.05, 0) is 20.8 Å². The zero-order chi connectivity index (χ0) is 11.5. The van der Waals surface area contributed by atoms with Gasteiger partial charge in [-0.15, -0.1) is 0 Å². The normalized spacial score (nSPS) is 22.9. The Labute approximate surface area is 90.8 Å². The van der Waals surface area contributed by atoms with Gasteiger partial charge in [0.2, 0.25) is 0 Å². The van der Waals surface area contributed by atoms with Crippen molar-refractivity contribution in [1.29, 1.82) is 0 Å². The van der Waals surface area contributed by atoms with Gasteiger partial charge < -0.3 is 9.47 Å². The van der Waals surface area contributed by atoms with Gasteiger partial charge in [-0.1, -0.05) is 0 Å². The predicted molar refractivity (Wildman–Crippen MR) is 54.9 cm³/mol. The summed E-state index contributed by atoms with van der Waals surface area (Å²) in [6.45, 7) is 6.26. The van der Waals surface area contributed by atoms with E-state index in [4.69, 9.17) is 13.7 Å². The lowest BCUT2D eigenvalue weighted by Gasteiger charge is -2.34. The van der Waals surface area contributed by atoms with Crippen molar-refractivity contribution in [3.8, 4) is 0 Å². The first-order valence-corrected chi connectivity index (χ1v) is 6.57. The van der Waals surface area contributed by atoms with E-state index in [9.17, 15) is 8.42 Å². The van der Waals surface area contributed by atoms with Crippen LogP contribution in [0, 0.1) is 5.92 Å². The second-order valence-electron chi connectivity index (χ2n) is 4.02. The molecule has 6 heteroatoms. The third-order valence-electron chi connectivity index (χ3n) is 2.17. The molecule has 1 rings (SSSR count). The van der Waals surface area contributed by atoms with Crippen molar-refractivity contribution in [3.05, 3.63) is 0 Å². The van der Waals surface area contributed by atoms with E-state index in [0.29, 0.717) is 13.2 Å². The van der Waals surface area contributed by atoms with Crippen molar-refractivity contribution in [2.45, 2.75) is 26.6 Å². The number of rotatable bonds is 4. The van der Waals surface area contributed by atoms with E-state index < -0.39 is 15.9 Å². The van der Waals surface area contributed by atoms with Gasteiger partial charge in [0.05, 0.1) is 25.6 Å². The SMILES string of the molecule is CCS(=O)(=O)OCC1COC(C)(C)OC1. The first-order valence-electron chi connectivity index (χ1n) is 4.99. The third-order valence-corrected chi connectivity index (χ3v) is 3.37. The zero-order valence-electron chi connectivity index (χ0n) is 9.36. The van der Waals surface area contributed by atoms with E-state index in [1.807, 2.05) is 13.8 Å². The molecule has 0 aromatic heterocycles. The third kappa shape index (κ3) is 4.46. The Hall–Kier alpha value is -0.170. The lowest BCUT2D eigenvalue weighted by molar-refractivity contribution is -0.264. The molecule has 0 saturated carbocycles. The molecule has 0 amide bonds. The molecule has 5 nitrogen and oxygen atoms in total. The van der Waals surface area contributed by atoms with Gasteiger partial charge >= 0.3 is 0 Å². The van der Waals surface area contributed by atoms with E-state index in [0.717, 1.165) is 0 Å². The van der Waals surface area contributed by atoms with E-state index in [1.165, 1.54) is 0 Å². The van der Waals surface area contributed by atoms with Crippen molar-refractivity contribution in [2.75, 3.05) is 25.6 Å². The Morgan fingerprint density at radius 1 is 1.33 bits per heavy atom. The van der Waals surface area contributed by atoms with E-state index in [2.05, 4.69) is 0 Å². The van der Waals surface area contributed by atoms with Crippen molar-refractivity contribution in [1.82, 2.24) is 0 Å². The molecule has 0 aromatic carbocycles. The summed E-state index contributed by atoms with van der Waals surface area (Å²) >= 11 is 0. The van der Waals surface area contributed by atoms with Crippen LogP contribution >= 0.6 is 0 Å². The molecule has 0 bridgehead atoms. The fraction of sp³-hybridized carbons (Fsp3) is 1.00. The summed E-state index contributed by atoms with van der Waals surface area (Å²) in [4.78, 5) is 0. The fourth-order valence-electron chi connectivity index (χ4n) is 1.11. The minimum Gasteiger partial charge on any atom is -0.350 e. The van der Waals surface area contributed by atoms with E-state index in [-0.39, 0.29) is 18.3 Å². The molecule has 1 fully saturated rings. The van der Waals surface area contributed by atoms with Crippen LogP contribution in [0.1, 0.15) is 20.8 Å².